The number of nitrogens with zero attached hydrogens (tertiary/aromatic N) is 1. The average molecular weight is 359 g/mol. The molecule has 0 N–H and O–H groups in total. The molecule has 0 radical (unpaired) electrons. The molecule has 2 aromatic rings. The Hall–Kier alpha value is -2.86. The van der Waals surface area contributed by atoms with Crippen LogP contribution in [0.5, 0.6) is 0 Å². The summed E-state index contributed by atoms with van der Waals surface area (Å²) in [6.45, 7) is 5.45. The second-order valence-electron chi connectivity index (χ2n) is 7.39. The van der Waals surface area contributed by atoms with Crippen LogP contribution in [0.15, 0.2) is 48.5 Å². The van der Waals surface area contributed by atoms with Crippen molar-refractivity contribution in [2.45, 2.75) is 33.1 Å². The molecule has 2 aromatic carbocycles. The van der Waals surface area contributed by atoms with E-state index in [4.69, 9.17) is 0 Å². The molecule has 138 valence electrons. The third-order valence-electron chi connectivity index (χ3n) is 4.78. The highest BCUT2D eigenvalue weighted by Gasteiger charge is 2.21. The van der Waals surface area contributed by atoms with Crippen molar-refractivity contribution in [2.75, 3.05) is 13.1 Å². The summed E-state index contributed by atoms with van der Waals surface area (Å²) in [5.74, 6) is 7.00. The van der Waals surface area contributed by atoms with E-state index in [0.29, 0.717) is 17.9 Å². The van der Waals surface area contributed by atoms with E-state index < -0.39 is 0 Å². The van der Waals surface area contributed by atoms with E-state index in [-0.39, 0.29) is 11.7 Å². The predicted molar refractivity (Wildman–Crippen MR) is 108 cm³/mol. The van der Waals surface area contributed by atoms with Crippen molar-refractivity contribution in [2.24, 2.45) is 5.92 Å². The lowest BCUT2D eigenvalue weighted by Crippen LogP contribution is -2.42. The van der Waals surface area contributed by atoms with Gasteiger partial charge >= 0.3 is 0 Å². The largest absolute Gasteiger partial charge is 0.339 e. The molecule has 0 spiro atoms. The summed E-state index contributed by atoms with van der Waals surface area (Å²) in [5.41, 5.74) is 3.71. The summed E-state index contributed by atoms with van der Waals surface area (Å²) >= 11 is 0. The van der Waals surface area contributed by atoms with Crippen LogP contribution in [0.2, 0.25) is 0 Å². The first-order chi connectivity index (χ1) is 13.0. The number of Topliss-reactive ketones (excluding diaryl/α,β-unsaturated/α-hetero) is 1. The van der Waals surface area contributed by atoms with Gasteiger partial charge in [0.05, 0.1) is 0 Å². The summed E-state index contributed by atoms with van der Waals surface area (Å²) in [4.78, 5) is 25.4. The summed E-state index contributed by atoms with van der Waals surface area (Å²) < 4.78 is 0. The van der Waals surface area contributed by atoms with Gasteiger partial charge < -0.3 is 9.69 Å². The Balaban J connectivity index is 1.65. The maximum atomic E-state index is 12.3. The topological polar surface area (TPSA) is 37.4 Å². The van der Waals surface area contributed by atoms with Gasteiger partial charge in [0.15, 0.2) is 0 Å². The number of likely N-dealkylation sites (tertiary alicyclic amines) is 1. The number of ketones is 1. The van der Waals surface area contributed by atoms with Crippen molar-refractivity contribution in [3.8, 4) is 11.8 Å². The van der Waals surface area contributed by atoms with E-state index in [0.717, 1.165) is 37.1 Å². The molecule has 1 saturated heterocycles. The molecule has 1 fully saturated rings. The number of amides is 1. The minimum Gasteiger partial charge on any atom is -0.339 e. The maximum Gasteiger partial charge on any atom is 0.253 e. The van der Waals surface area contributed by atoms with Gasteiger partial charge in [0.1, 0.15) is 5.78 Å². The van der Waals surface area contributed by atoms with Crippen LogP contribution in [0, 0.1) is 17.8 Å². The van der Waals surface area contributed by atoms with Gasteiger partial charge in [-0.15, -0.1) is 0 Å². The van der Waals surface area contributed by atoms with Crippen molar-refractivity contribution in [1.29, 1.82) is 0 Å². The lowest BCUT2D eigenvalue weighted by molar-refractivity contribution is -0.117. The Kier molecular flexibility index (Phi) is 6.08. The van der Waals surface area contributed by atoms with E-state index in [1.807, 2.05) is 41.3 Å². The van der Waals surface area contributed by atoms with Gasteiger partial charge in [-0.25, -0.2) is 0 Å². The van der Waals surface area contributed by atoms with Crippen LogP contribution in [0.3, 0.4) is 0 Å². The van der Waals surface area contributed by atoms with Crippen LogP contribution in [-0.2, 0) is 11.2 Å². The van der Waals surface area contributed by atoms with Gasteiger partial charge in [-0.2, -0.15) is 0 Å². The first-order valence-electron chi connectivity index (χ1n) is 9.51. The van der Waals surface area contributed by atoms with Gasteiger partial charge in [0.2, 0.25) is 0 Å². The Morgan fingerprint density at radius 1 is 1.04 bits per heavy atom. The van der Waals surface area contributed by atoms with Crippen LogP contribution in [0.25, 0.3) is 0 Å². The molecule has 1 atom stereocenters. The van der Waals surface area contributed by atoms with Crippen LogP contribution in [0.4, 0.5) is 0 Å². The Morgan fingerprint density at radius 2 is 1.74 bits per heavy atom. The second kappa shape index (κ2) is 8.68. The third-order valence-corrected chi connectivity index (χ3v) is 4.78. The molecule has 0 aliphatic carbocycles. The van der Waals surface area contributed by atoms with Crippen molar-refractivity contribution < 1.29 is 9.59 Å². The van der Waals surface area contributed by atoms with Gasteiger partial charge in [-0.3, -0.25) is 4.79 Å². The quantitative estimate of drug-likeness (QED) is 0.754. The number of benzene rings is 2. The van der Waals surface area contributed by atoms with Crippen LogP contribution in [-0.4, -0.2) is 29.7 Å². The first-order valence-corrected chi connectivity index (χ1v) is 9.51. The van der Waals surface area contributed by atoms with E-state index >= 15 is 0 Å². The third kappa shape index (κ3) is 5.31. The van der Waals surface area contributed by atoms with Gasteiger partial charge in [-0.1, -0.05) is 37.0 Å². The Morgan fingerprint density at radius 3 is 2.37 bits per heavy atom. The Bertz CT molecular complexity index is 883. The number of hydrogen-bond acceptors (Lipinski definition) is 2. The zero-order valence-electron chi connectivity index (χ0n) is 16.0. The van der Waals surface area contributed by atoms with E-state index in [1.54, 1.807) is 6.92 Å². The molecule has 1 aliphatic heterocycles. The fraction of sp³-hybridized carbons (Fsp3) is 0.333. The molecule has 3 heteroatoms. The van der Waals surface area contributed by atoms with Crippen molar-refractivity contribution in [1.82, 2.24) is 4.90 Å². The molecule has 0 aromatic heterocycles. The van der Waals surface area contributed by atoms with E-state index in [9.17, 15) is 9.59 Å². The van der Waals surface area contributed by atoms with E-state index in [1.165, 1.54) is 5.56 Å². The Labute approximate surface area is 161 Å². The highest BCUT2D eigenvalue weighted by atomic mass is 16.2. The number of rotatable bonds is 5. The fourth-order valence-electron chi connectivity index (χ4n) is 3.27. The molecule has 3 rings (SSSR count). The standard InChI is InChI=1S/C24H25NO2/c1-18(15-19(2)26)16-22-11-8-20(9-12-22)7-10-21-5-3-6-23(17-21)24(27)25-13-4-14-25/h3,5-6,8-9,11-12,17-18H,4,13-16H2,1-2H3. The highest BCUT2D eigenvalue weighted by Crippen LogP contribution is 2.15. The van der Waals surface area contributed by atoms with Gasteiger partial charge in [-0.05, 0) is 61.6 Å². The molecule has 3 nitrogen and oxygen atoms in total. The molecule has 1 heterocycles. The summed E-state index contributed by atoms with van der Waals surface area (Å²) in [6, 6.07) is 15.7. The van der Waals surface area contributed by atoms with E-state index in [2.05, 4.69) is 30.9 Å². The van der Waals surface area contributed by atoms with Crippen LogP contribution >= 0.6 is 0 Å². The van der Waals surface area contributed by atoms with Gasteiger partial charge in [0, 0.05) is 36.2 Å². The molecule has 1 amide bonds. The first kappa shape index (κ1) is 18.9. The number of carbonyl (C=O) groups is 2. The molecule has 0 saturated carbocycles. The highest BCUT2D eigenvalue weighted by molar-refractivity contribution is 5.95. The minimum absolute atomic E-state index is 0.0916. The zero-order chi connectivity index (χ0) is 19.2. The lowest BCUT2D eigenvalue weighted by atomic mass is 9.96. The van der Waals surface area contributed by atoms with Gasteiger partial charge in [0.25, 0.3) is 5.91 Å². The monoisotopic (exact) mass is 359 g/mol. The molecule has 27 heavy (non-hydrogen) atoms. The fourth-order valence-corrected chi connectivity index (χ4v) is 3.27. The van der Waals surface area contributed by atoms with Crippen molar-refractivity contribution >= 4 is 11.7 Å². The summed E-state index contributed by atoms with van der Waals surface area (Å²) in [5, 5.41) is 0. The zero-order valence-corrected chi connectivity index (χ0v) is 16.0. The van der Waals surface area contributed by atoms with Crippen molar-refractivity contribution in [3.05, 3.63) is 70.8 Å². The second-order valence-corrected chi connectivity index (χ2v) is 7.39. The molecular weight excluding hydrogens is 334 g/mol. The van der Waals surface area contributed by atoms with Crippen LogP contribution < -0.4 is 0 Å². The molecule has 1 unspecified atom stereocenters. The van der Waals surface area contributed by atoms with Crippen molar-refractivity contribution in [3.63, 3.8) is 0 Å². The maximum absolute atomic E-state index is 12.3. The summed E-state index contributed by atoms with van der Waals surface area (Å²) in [7, 11) is 0. The normalized spacial score (nSPS) is 13.9. The molecule has 1 aliphatic rings. The average Bonchev–Trinajstić information content (AvgIpc) is 2.59. The summed E-state index contributed by atoms with van der Waals surface area (Å²) in [6.07, 6.45) is 2.61. The predicted octanol–water partition coefficient (Wildman–Crippen LogP) is 4.09. The molecule has 0 bridgehead atoms. The minimum atomic E-state index is 0.0916. The lowest BCUT2D eigenvalue weighted by Gasteiger charge is -2.30. The smallest absolute Gasteiger partial charge is 0.253 e. The SMILES string of the molecule is CC(=O)CC(C)Cc1ccc(C#Cc2cccc(C(=O)N3CCC3)c2)cc1. The van der Waals surface area contributed by atoms with Crippen LogP contribution in [0.1, 0.15) is 53.7 Å². The number of carbonyl (C=O) groups excluding carboxylic acids is 2. The molecular formula is C24H25NO2. The number of hydrogen-bond donors (Lipinski definition) is 0.